The van der Waals surface area contributed by atoms with Gasteiger partial charge in [-0.05, 0) is 17.7 Å². The van der Waals surface area contributed by atoms with Crippen molar-refractivity contribution in [1.82, 2.24) is 4.90 Å². The molecule has 0 aliphatic rings. The lowest BCUT2D eigenvalue weighted by Crippen LogP contribution is -2.23. The van der Waals surface area contributed by atoms with Crippen LogP contribution in [0.4, 0.5) is 4.39 Å². The molecule has 4 heteroatoms. The molecule has 14 heavy (non-hydrogen) atoms. The standard InChI is InChI=1S/C10H13FN2O/c1-13(2)10(14)9-5-8(11)4-3-7(9)6-12/h3-5H,6,12H2,1-2H3. The van der Waals surface area contributed by atoms with Gasteiger partial charge in [0.2, 0.25) is 0 Å². The van der Waals surface area contributed by atoms with Gasteiger partial charge in [0.25, 0.3) is 5.91 Å². The molecule has 1 aromatic rings. The normalized spacial score (nSPS) is 10.0. The predicted octanol–water partition coefficient (Wildman–Crippen LogP) is 0.986. The van der Waals surface area contributed by atoms with Crippen LogP contribution in [0.3, 0.4) is 0 Å². The van der Waals surface area contributed by atoms with E-state index in [1.54, 1.807) is 14.1 Å². The van der Waals surface area contributed by atoms with Crippen LogP contribution in [-0.2, 0) is 6.54 Å². The van der Waals surface area contributed by atoms with Gasteiger partial charge < -0.3 is 10.6 Å². The molecule has 0 atom stereocenters. The fourth-order valence-electron chi connectivity index (χ4n) is 1.17. The maximum absolute atomic E-state index is 12.9. The van der Waals surface area contributed by atoms with Crippen molar-refractivity contribution in [2.45, 2.75) is 6.54 Å². The van der Waals surface area contributed by atoms with Gasteiger partial charge in [0.15, 0.2) is 0 Å². The highest BCUT2D eigenvalue weighted by atomic mass is 19.1. The first-order chi connectivity index (χ1) is 6.56. The van der Waals surface area contributed by atoms with E-state index in [9.17, 15) is 9.18 Å². The molecule has 1 aromatic carbocycles. The van der Waals surface area contributed by atoms with E-state index in [1.807, 2.05) is 0 Å². The molecule has 2 N–H and O–H groups in total. The molecule has 3 nitrogen and oxygen atoms in total. The molecule has 0 unspecified atom stereocenters. The molecule has 0 saturated carbocycles. The molecule has 0 fully saturated rings. The van der Waals surface area contributed by atoms with Crippen molar-refractivity contribution in [3.05, 3.63) is 35.1 Å². The topological polar surface area (TPSA) is 46.3 Å². The van der Waals surface area contributed by atoms with Crippen LogP contribution in [0.15, 0.2) is 18.2 Å². The van der Waals surface area contributed by atoms with E-state index in [0.717, 1.165) is 0 Å². The molecule has 0 saturated heterocycles. The lowest BCUT2D eigenvalue weighted by molar-refractivity contribution is 0.0826. The Bertz CT molecular complexity index is 350. The second kappa shape index (κ2) is 4.19. The zero-order valence-corrected chi connectivity index (χ0v) is 8.25. The zero-order valence-electron chi connectivity index (χ0n) is 8.25. The van der Waals surface area contributed by atoms with Crippen LogP contribution in [0.5, 0.6) is 0 Å². The molecule has 0 bridgehead atoms. The second-order valence-electron chi connectivity index (χ2n) is 3.21. The highest BCUT2D eigenvalue weighted by Crippen LogP contribution is 2.12. The number of hydrogen-bond acceptors (Lipinski definition) is 2. The SMILES string of the molecule is CN(C)C(=O)c1cc(F)ccc1CN. The lowest BCUT2D eigenvalue weighted by Gasteiger charge is -2.13. The fraction of sp³-hybridized carbons (Fsp3) is 0.300. The number of benzene rings is 1. The van der Waals surface area contributed by atoms with E-state index in [1.165, 1.54) is 23.1 Å². The van der Waals surface area contributed by atoms with E-state index in [2.05, 4.69) is 0 Å². The van der Waals surface area contributed by atoms with Gasteiger partial charge in [-0.2, -0.15) is 0 Å². The summed E-state index contributed by atoms with van der Waals surface area (Å²) in [6.07, 6.45) is 0. The van der Waals surface area contributed by atoms with Crippen molar-refractivity contribution >= 4 is 5.91 Å². The highest BCUT2D eigenvalue weighted by Gasteiger charge is 2.12. The largest absolute Gasteiger partial charge is 0.345 e. The number of rotatable bonds is 2. The zero-order chi connectivity index (χ0) is 10.7. The number of nitrogens with two attached hydrogens (primary N) is 1. The fourth-order valence-corrected chi connectivity index (χ4v) is 1.17. The highest BCUT2D eigenvalue weighted by molar-refractivity contribution is 5.95. The summed E-state index contributed by atoms with van der Waals surface area (Å²) in [6, 6.07) is 4.05. The Morgan fingerprint density at radius 3 is 2.64 bits per heavy atom. The third-order valence-electron chi connectivity index (χ3n) is 1.93. The van der Waals surface area contributed by atoms with Gasteiger partial charge in [-0.25, -0.2) is 4.39 Å². The smallest absolute Gasteiger partial charge is 0.253 e. The Labute approximate surface area is 82.3 Å². The van der Waals surface area contributed by atoms with Crippen molar-refractivity contribution in [2.24, 2.45) is 5.73 Å². The van der Waals surface area contributed by atoms with Gasteiger partial charge in [-0.15, -0.1) is 0 Å². The lowest BCUT2D eigenvalue weighted by atomic mass is 10.1. The minimum atomic E-state index is -0.424. The van der Waals surface area contributed by atoms with E-state index in [-0.39, 0.29) is 12.5 Å². The first kappa shape index (κ1) is 10.7. The summed E-state index contributed by atoms with van der Waals surface area (Å²) in [5, 5.41) is 0. The number of carbonyl (C=O) groups is 1. The molecule has 1 amide bonds. The number of nitrogens with zero attached hydrogens (tertiary/aromatic N) is 1. The molecule has 1 rings (SSSR count). The summed E-state index contributed by atoms with van der Waals surface area (Å²) in [5.41, 5.74) is 6.43. The monoisotopic (exact) mass is 196 g/mol. The molecule has 76 valence electrons. The summed E-state index contributed by atoms with van der Waals surface area (Å²) in [5.74, 6) is -0.655. The van der Waals surface area contributed by atoms with Crippen LogP contribution < -0.4 is 5.73 Å². The first-order valence-electron chi connectivity index (χ1n) is 4.26. The summed E-state index contributed by atoms with van der Waals surface area (Å²) < 4.78 is 12.9. The predicted molar refractivity (Wildman–Crippen MR) is 52.3 cm³/mol. The average molecular weight is 196 g/mol. The van der Waals surface area contributed by atoms with Gasteiger partial charge >= 0.3 is 0 Å². The molecule has 0 aliphatic carbocycles. The van der Waals surface area contributed by atoms with Crippen molar-refractivity contribution in [3.8, 4) is 0 Å². The van der Waals surface area contributed by atoms with Gasteiger partial charge in [0.1, 0.15) is 5.82 Å². The van der Waals surface area contributed by atoms with Gasteiger partial charge in [0.05, 0.1) is 0 Å². The van der Waals surface area contributed by atoms with Crippen LogP contribution in [0.25, 0.3) is 0 Å². The molecule has 0 spiro atoms. The quantitative estimate of drug-likeness (QED) is 0.766. The van der Waals surface area contributed by atoms with E-state index in [0.29, 0.717) is 11.1 Å². The summed E-state index contributed by atoms with van der Waals surface area (Å²) in [4.78, 5) is 13.0. The van der Waals surface area contributed by atoms with E-state index >= 15 is 0 Å². The average Bonchev–Trinajstić information content (AvgIpc) is 2.16. The van der Waals surface area contributed by atoms with Crippen molar-refractivity contribution in [2.75, 3.05) is 14.1 Å². The van der Waals surface area contributed by atoms with E-state index < -0.39 is 5.82 Å². The minimum Gasteiger partial charge on any atom is -0.345 e. The second-order valence-corrected chi connectivity index (χ2v) is 3.21. The van der Waals surface area contributed by atoms with Crippen molar-refractivity contribution < 1.29 is 9.18 Å². The Morgan fingerprint density at radius 2 is 2.14 bits per heavy atom. The maximum Gasteiger partial charge on any atom is 0.253 e. The maximum atomic E-state index is 12.9. The van der Waals surface area contributed by atoms with Crippen LogP contribution in [0.1, 0.15) is 15.9 Å². The Hall–Kier alpha value is -1.42. The number of halogens is 1. The summed E-state index contributed by atoms with van der Waals surface area (Å²) >= 11 is 0. The molecule has 0 heterocycles. The van der Waals surface area contributed by atoms with Crippen LogP contribution in [0.2, 0.25) is 0 Å². The molecule has 0 aromatic heterocycles. The molecular weight excluding hydrogens is 183 g/mol. The number of hydrogen-bond donors (Lipinski definition) is 1. The van der Waals surface area contributed by atoms with Gasteiger partial charge in [-0.1, -0.05) is 6.07 Å². The Morgan fingerprint density at radius 1 is 1.50 bits per heavy atom. The summed E-state index contributed by atoms with van der Waals surface area (Å²) in [6.45, 7) is 0.231. The Kier molecular flexibility index (Phi) is 3.19. The Balaban J connectivity index is 3.17. The van der Waals surface area contributed by atoms with Crippen molar-refractivity contribution in [1.29, 1.82) is 0 Å². The van der Waals surface area contributed by atoms with Gasteiger partial charge in [0, 0.05) is 26.2 Å². The van der Waals surface area contributed by atoms with Crippen LogP contribution in [0, 0.1) is 5.82 Å². The summed E-state index contributed by atoms with van der Waals surface area (Å²) in [7, 11) is 3.24. The van der Waals surface area contributed by atoms with E-state index in [4.69, 9.17) is 5.73 Å². The van der Waals surface area contributed by atoms with Crippen LogP contribution in [-0.4, -0.2) is 24.9 Å². The molecule has 0 radical (unpaired) electrons. The van der Waals surface area contributed by atoms with Crippen molar-refractivity contribution in [3.63, 3.8) is 0 Å². The molecular formula is C10H13FN2O. The number of carbonyl (C=O) groups excluding carboxylic acids is 1. The third-order valence-corrected chi connectivity index (χ3v) is 1.93. The first-order valence-corrected chi connectivity index (χ1v) is 4.26. The van der Waals surface area contributed by atoms with Gasteiger partial charge in [-0.3, -0.25) is 4.79 Å². The van der Waals surface area contributed by atoms with Crippen LogP contribution >= 0.6 is 0 Å². The minimum absolute atomic E-state index is 0.231. The third kappa shape index (κ3) is 2.09. The number of amides is 1. The molecule has 0 aliphatic heterocycles.